The van der Waals surface area contributed by atoms with Gasteiger partial charge < -0.3 is 35.2 Å². The van der Waals surface area contributed by atoms with Crippen LogP contribution in [-0.2, 0) is 0 Å². The van der Waals surface area contributed by atoms with Gasteiger partial charge in [0.15, 0.2) is 17.3 Å². The molecule has 2 aromatic carbocycles. The molecule has 11 nitrogen and oxygen atoms in total. The monoisotopic (exact) mass is 546 g/mol. The molecular weight excluding hydrogens is 530 g/mol. The van der Waals surface area contributed by atoms with Gasteiger partial charge in [-0.3, -0.25) is 14.2 Å². The van der Waals surface area contributed by atoms with Crippen LogP contribution in [0.4, 0.5) is 15.9 Å². The Balaban J connectivity index is 1.56. The zero-order valence-corrected chi connectivity index (χ0v) is 20.2. The summed E-state index contributed by atoms with van der Waals surface area (Å²) in [6.07, 6.45) is 2.59. The molecule has 6 N–H and O–H groups in total. The summed E-state index contributed by atoms with van der Waals surface area (Å²) in [6.45, 7) is 0. The molecule has 0 atom stereocenters. The molecule has 0 aliphatic rings. The average Bonchev–Trinajstić information content (AvgIpc) is 2.84. The second-order valence-corrected chi connectivity index (χ2v) is 8.36. The summed E-state index contributed by atoms with van der Waals surface area (Å²) in [5, 5.41) is 12.6. The molecule has 14 heteroatoms. The number of nitrogens with zero attached hydrogens (tertiary/aromatic N) is 2. The Hall–Kier alpha value is -4.22. The van der Waals surface area contributed by atoms with Gasteiger partial charge in [-0.2, -0.15) is 0 Å². The van der Waals surface area contributed by atoms with Gasteiger partial charge in [0, 0.05) is 35.9 Å². The van der Waals surface area contributed by atoms with Crippen LogP contribution in [0, 0.1) is 5.82 Å². The third kappa shape index (κ3) is 5.79. The Kier molecular flexibility index (Phi) is 7.55. The minimum atomic E-state index is -2.61. The van der Waals surface area contributed by atoms with Crippen molar-refractivity contribution in [1.82, 2.24) is 9.55 Å². The highest BCUT2D eigenvalue weighted by molar-refractivity contribution is 7.39. The first-order valence-corrected chi connectivity index (χ1v) is 11.8. The van der Waals surface area contributed by atoms with Crippen molar-refractivity contribution in [2.45, 2.75) is 0 Å². The summed E-state index contributed by atoms with van der Waals surface area (Å²) < 4.78 is 25.9. The molecule has 4 rings (SSSR count). The highest BCUT2D eigenvalue weighted by Crippen LogP contribution is 2.34. The third-order valence-electron chi connectivity index (χ3n) is 4.89. The van der Waals surface area contributed by atoms with E-state index in [1.54, 1.807) is 0 Å². The number of anilines is 2. The molecule has 0 aliphatic carbocycles. The molecule has 190 valence electrons. The number of carbonyl (C=O) groups excluding carboxylic acids is 1. The molecule has 4 aromatic rings. The van der Waals surface area contributed by atoms with Gasteiger partial charge in [-0.15, -0.1) is 0 Å². The number of amides is 1. The van der Waals surface area contributed by atoms with Crippen molar-refractivity contribution in [2.75, 3.05) is 11.1 Å². The third-order valence-corrected chi connectivity index (χ3v) is 5.64. The number of nitrogen functional groups attached to an aromatic ring is 1. The van der Waals surface area contributed by atoms with Gasteiger partial charge in [-0.1, -0.05) is 11.6 Å². The fourth-order valence-corrected chi connectivity index (χ4v) is 3.66. The zero-order chi connectivity index (χ0) is 26.7. The number of ether oxygens (including phenoxy) is 1. The predicted octanol–water partition coefficient (Wildman–Crippen LogP) is 3.95. The SMILES string of the molecule is Nc1nccc(Oc2ccc(NC(=O)c3c(O)ccn(-c4ccc(OP(O)O)cc4)c3=O)cc2F)c1Cl. The highest BCUT2D eigenvalue weighted by atomic mass is 35.5. The van der Waals surface area contributed by atoms with E-state index in [0.717, 1.165) is 16.7 Å². The number of pyridine rings is 2. The first-order chi connectivity index (χ1) is 17.6. The summed E-state index contributed by atoms with van der Waals surface area (Å²) in [5.74, 6) is -2.41. The summed E-state index contributed by atoms with van der Waals surface area (Å²) in [5.41, 5.74) is 4.45. The molecule has 0 unspecified atom stereocenters. The highest BCUT2D eigenvalue weighted by Gasteiger charge is 2.20. The van der Waals surface area contributed by atoms with Crippen LogP contribution in [0.25, 0.3) is 5.69 Å². The van der Waals surface area contributed by atoms with E-state index in [9.17, 15) is 19.1 Å². The second-order valence-electron chi connectivity index (χ2n) is 7.30. The summed E-state index contributed by atoms with van der Waals surface area (Å²) in [6, 6.07) is 11.7. The number of benzene rings is 2. The smallest absolute Gasteiger partial charge is 0.391 e. The minimum absolute atomic E-state index is 0.00382. The number of carbonyl (C=O) groups is 1. The average molecular weight is 547 g/mol. The van der Waals surface area contributed by atoms with Crippen LogP contribution in [0.15, 0.2) is 71.8 Å². The Labute approximate surface area is 214 Å². The molecule has 2 heterocycles. The van der Waals surface area contributed by atoms with Crippen molar-refractivity contribution in [3.05, 3.63) is 93.7 Å². The number of nitrogens with one attached hydrogen (secondary N) is 1. The number of halogens is 2. The predicted molar refractivity (Wildman–Crippen MR) is 134 cm³/mol. The standard InChI is InChI=1S/C23H17ClFN4O7P/c24-20-18(7-9-27-21(20)26)35-17-6-1-12(11-15(17)25)28-22(31)19-16(30)8-10-29(23(19)32)13-2-4-14(5-3-13)36-37(33)34/h1-11,30,33-34H,(H2,26,27)(H,28,31). The van der Waals surface area contributed by atoms with E-state index in [1.165, 1.54) is 54.9 Å². The lowest BCUT2D eigenvalue weighted by Gasteiger charge is -2.12. The van der Waals surface area contributed by atoms with Crippen molar-refractivity contribution in [3.8, 4) is 28.7 Å². The molecule has 0 fully saturated rings. The van der Waals surface area contributed by atoms with Crippen LogP contribution in [0.5, 0.6) is 23.0 Å². The normalized spacial score (nSPS) is 10.8. The van der Waals surface area contributed by atoms with Crippen LogP contribution in [0.2, 0.25) is 5.02 Å². The van der Waals surface area contributed by atoms with Gasteiger partial charge in [0.25, 0.3) is 11.5 Å². The van der Waals surface area contributed by atoms with E-state index < -0.39 is 37.2 Å². The molecule has 1 amide bonds. The molecular formula is C23H17ClFN4O7P. The molecule has 0 bridgehead atoms. The number of rotatable bonds is 7. The van der Waals surface area contributed by atoms with Crippen molar-refractivity contribution in [2.24, 2.45) is 0 Å². The second kappa shape index (κ2) is 10.8. The van der Waals surface area contributed by atoms with E-state index in [4.69, 9.17) is 36.4 Å². The maximum absolute atomic E-state index is 14.7. The van der Waals surface area contributed by atoms with Crippen LogP contribution >= 0.6 is 20.2 Å². The fourth-order valence-electron chi connectivity index (χ4n) is 3.20. The van der Waals surface area contributed by atoms with E-state index in [0.29, 0.717) is 5.69 Å². The number of aromatic nitrogens is 2. The fraction of sp³-hybridized carbons (Fsp3) is 0. The molecule has 0 saturated carbocycles. The lowest BCUT2D eigenvalue weighted by Crippen LogP contribution is -2.28. The molecule has 0 saturated heterocycles. The number of hydrogen-bond donors (Lipinski definition) is 5. The van der Waals surface area contributed by atoms with Crippen molar-refractivity contribution in [3.63, 3.8) is 0 Å². The summed E-state index contributed by atoms with van der Waals surface area (Å²) in [7, 11) is -2.61. The molecule has 0 aliphatic heterocycles. The quantitative estimate of drug-likeness (QED) is 0.215. The molecule has 0 radical (unpaired) electrons. The van der Waals surface area contributed by atoms with E-state index in [1.807, 2.05) is 0 Å². The number of aromatic hydroxyl groups is 1. The maximum atomic E-state index is 14.7. The molecule has 37 heavy (non-hydrogen) atoms. The minimum Gasteiger partial charge on any atom is -0.507 e. The van der Waals surface area contributed by atoms with E-state index >= 15 is 0 Å². The first kappa shape index (κ1) is 25.9. The van der Waals surface area contributed by atoms with Gasteiger partial charge in [0.1, 0.15) is 27.9 Å². The van der Waals surface area contributed by atoms with E-state index in [-0.39, 0.29) is 33.8 Å². The van der Waals surface area contributed by atoms with Crippen LogP contribution in [0.3, 0.4) is 0 Å². The Morgan fingerprint density at radius 1 is 1.11 bits per heavy atom. The van der Waals surface area contributed by atoms with Crippen molar-refractivity contribution >= 4 is 37.6 Å². The lowest BCUT2D eigenvalue weighted by atomic mass is 10.2. The van der Waals surface area contributed by atoms with E-state index in [2.05, 4.69) is 10.3 Å². The molecule has 2 aromatic heterocycles. The zero-order valence-electron chi connectivity index (χ0n) is 18.5. The van der Waals surface area contributed by atoms with Gasteiger partial charge in [-0.25, -0.2) is 9.37 Å². The maximum Gasteiger partial charge on any atom is 0.391 e. The van der Waals surface area contributed by atoms with Crippen LogP contribution < -0.4 is 25.9 Å². The number of hydrogen-bond acceptors (Lipinski definition) is 9. The van der Waals surface area contributed by atoms with Crippen LogP contribution in [-0.4, -0.2) is 30.4 Å². The summed E-state index contributed by atoms with van der Waals surface area (Å²) in [4.78, 5) is 47.5. The Morgan fingerprint density at radius 2 is 1.84 bits per heavy atom. The van der Waals surface area contributed by atoms with Gasteiger partial charge >= 0.3 is 8.60 Å². The van der Waals surface area contributed by atoms with Crippen molar-refractivity contribution in [1.29, 1.82) is 0 Å². The first-order valence-electron chi connectivity index (χ1n) is 10.2. The Bertz CT molecular complexity index is 1530. The van der Waals surface area contributed by atoms with Gasteiger partial charge in [-0.05, 0) is 42.5 Å². The van der Waals surface area contributed by atoms with Crippen molar-refractivity contribution < 1.29 is 33.3 Å². The topological polar surface area (TPSA) is 169 Å². The van der Waals surface area contributed by atoms with Gasteiger partial charge in [0.2, 0.25) is 0 Å². The lowest BCUT2D eigenvalue weighted by molar-refractivity contribution is 0.102. The Morgan fingerprint density at radius 3 is 2.51 bits per heavy atom. The van der Waals surface area contributed by atoms with Gasteiger partial charge in [0.05, 0.1) is 0 Å². The number of nitrogens with two attached hydrogens (primary N) is 1. The largest absolute Gasteiger partial charge is 0.507 e. The summed E-state index contributed by atoms with van der Waals surface area (Å²) >= 11 is 6.00. The van der Waals surface area contributed by atoms with Crippen LogP contribution in [0.1, 0.15) is 10.4 Å². The molecule has 0 spiro atoms.